The van der Waals surface area contributed by atoms with E-state index in [1.165, 1.54) is 23.1 Å². The molecular weight excluding hydrogens is 470 g/mol. The maximum absolute atomic E-state index is 13.7. The van der Waals surface area contributed by atoms with Crippen LogP contribution in [0.2, 0.25) is 0 Å². The Bertz CT molecular complexity index is 1400. The number of hydrogen-bond acceptors (Lipinski definition) is 7. The van der Waals surface area contributed by atoms with Crippen LogP contribution in [0, 0.1) is 6.92 Å². The van der Waals surface area contributed by atoms with E-state index < -0.39 is 0 Å². The molecule has 0 fully saturated rings. The minimum Gasteiger partial charge on any atom is -0.497 e. The largest absolute Gasteiger partial charge is 0.497 e. The van der Waals surface area contributed by atoms with Gasteiger partial charge in [0.25, 0.3) is 5.56 Å². The Labute approximate surface area is 206 Å². The lowest BCUT2D eigenvalue weighted by Crippen LogP contribution is -2.23. The third-order valence-electron chi connectivity index (χ3n) is 5.42. The number of amides is 1. The lowest BCUT2D eigenvalue weighted by atomic mass is 10.2. The number of aryl methyl sites for hydroxylation is 2. The molecule has 1 aromatic carbocycles. The molecule has 0 unspecified atom stereocenters. The number of fused-ring (bicyclic) bond motifs is 1. The van der Waals surface area contributed by atoms with Gasteiger partial charge in [0.05, 0.1) is 30.1 Å². The van der Waals surface area contributed by atoms with Crippen molar-refractivity contribution in [1.29, 1.82) is 0 Å². The van der Waals surface area contributed by atoms with Gasteiger partial charge in [-0.3, -0.25) is 14.2 Å². The van der Waals surface area contributed by atoms with E-state index in [0.29, 0.717) is 32.6 Å². The summed E-state index contributed by atoms with van der Waals surface area (Å²) in [6.45, 7) is 8.03. The van der Waals surface area contributed by atoms with E-state index in [1.54, 1.807) is 34.7 Å². The van der Waals surface area contributed by atoms with Crippen LogP contribution in [0.25, 0.3) is 15.9 Å². The van der Waals surface area contributed by atoms with Crippen LogP contribution >= 0.6 is 23.1 Å². The van der Waals surface area contributed by atoms with Gasteiger partial charge in [-0.15, -0.1) is 11.3 Å². The van der Waals surface area contributed by atoms with E-state index in [2.05, 4.69) is 17.3 Å². The van der Waals surface area contributed by atoms with Gasteiger partial charge < -0.3 is 10.1 Å². The number of hydrogen-bond donors (Lipinski definition) is 1. The molecule has 8 nitrogen and oxygen atoms in total. The number of carbonyl (C=O) groups excluding carboxylic acids is 1. The number of thiophene rings is 1. The molecule has 0 saturated carbocycles. The number of methoxy groups -OCH3 is 1. The molecule has 0 aliphatic rings. The normalized spacial score (nSPS) is 11.4. The van der Waals surface area contributed by atoms with E-state index in [-0.39, 0.29) is 23.3 Å². The number of aromatic nitrogens is 4. The molecule has 0 radical (unpaired) electrons. The molecule has 0 saturated heterocycles. The van der Waals surface area contributed by atoms with Crippen LogP contribution in [0.5, 0.6) is 5.75 Å². The second kappa shape index (κ2) is 10.0. The summed E-state index contributed by atoms with van der Waals surface area (Å²) in [7, 11) is 1.59. The van der Waals surface area contributed by atoms with Crippen molar-refractivity contribution in [2.45, 2.75) is 45.3 Å². The van der Waals surface area contributed by atoms with Gasteiger partial charge in [0.1, 0.15) is 16.4 Å². The lowest BCUT2D eigenvalue weighted by molar-refractivity contribution is -0.113. The van der Waals surface area contributed by atoms with Gasteiger partial charge in [0.2, 0.25) is 5.91 Å². The van der Waals surface area contributed by atoms with Crippen LogP contribution in [0.1, 0.15) is 37.3 Å². The summed E-state index contributed by atoms with van der Waals surface area (Å²) in [5, 5.41) is 8.23. The standard InChI is InChI=1S/C24H27N5O3S2/c1-6-18-15(4)21-22(34-18)27-24(28(23(21)31)16-8-7-9-17(12-16)32-5)33-13-20(30)26-19-10-11-25-29(19)14(2)3/h7-12,14H,6,13H2,1-5H3,(H,26,30). The third kappa shape index (κ3) is 4.60. The predicted molar refractivity (Wildman–Crippen MR) is 138 cm³/mol. The van der Waals surface area contributed by atoms with Crippen LogP contribution in [-0.2, 0) is 11.2 Å². The van der Waals surface area contributed by atoms with Gasteiger partial charge in [0.15, 0.2) is 5.16 Å². The number of nitrogens with zero attached hydrogens (tertiary/aromatic N) is 4. The van der Waals surface area contributed by atoms with E-state index in [9.17, 15) is 9.59 Å². The Kier molecular flexibility index (Phi) is 7.08. The van der Waals surface area contributed by atoms with E-state index >= 15 is 0 Å². The molecule has 1 N–H and O–H groups in total. The first-order valence-electron chi connectivity index (χ1n) is 11.0. The Balaban J connectivity index is 1.72. The highest BCUT2D eigenvalue weighted by molar-refractivity contribution is 7.99. The molecule has 178 valence electrons. The number of thioether (sulfide) groups is 1. The third-order valence-corrected chi connectivity index (χ3v) is 7.69. The zero-order valence-corrected chi connectivity index (χ0v) is 21.4. The maximum atomic E-state index is 13.7. The maximum Gasteiger partial charge on any atom is 0.267 e. The second-order valence-corrected chi connectivity index (χ2v) is 10.0. The fourth-order valence-corrected chi connectivity index (χ4v) is 5.73. The van der Waals surface area contributed by atoms with Crippen LogP contribution < -0.4 is 15.6 Å². The number of benzene rings is 1. The molecular formula is C24H27N5O3S2. The van der Waals surface area contributed by atoms with Gasteiger partial charge in [-0.05, 0) is 44.9 Å². The van der Waals surface area contributed by atoms with Crippen LogP contribution in [0.15, 0.2) is 46.5 Å². The molecule has 0 atom stereocenters. The summed E-state index contributed by atoms with van der Waals surface area (Å²) < 4.78 is 8.68. The minimum atomic E-state index is -0.199. The molecule has 3 heterocycles. The number of nitrogens with one attached hydrogen (secondary N) is 1. The molecule has 0 aliphatic carbocycles. The first-order chi connectivity index (χ1) is 16.3. The molecule has 0 bridgehead atoms. The first kappa shape index (κ1) is 24.0. The molecule has 0 aliphatic heterocycles. The summed E-state index contributed by atoms with van der Waals surface area (Å²) in [5.41, 5.74) is 1.46. The van der Waals surface area contributed by atoms with Crippen molar-refractivity contribution in [2.75, 3.05) is 18.2 Å². The van der Waals surface area contributed by atoms with Crippen LogP contribution in [0.3, 0.4) is 0 Å². The van der Waals surface area contributed by atoms with E-state index in [4.69, 9.17) is 9.72 Å². The molecule has 4 aromatic rings. The fraction of sp³-hybridized carbons (Fsp3) is 0.333. The van der Waals surface area contributed by atoms with Gasteiger partial charge in [-0.25, -0.2) is 9.67 Å². The summed E-state index contributed by atoms with van der Waals surface area (Å²) in [4.78, 5) is 33.1. The number of rotatable bonds is 8. The van der Waals surface area contributed by atoms with Gasteiger partial charge >= 0.3 is 0 Å². The van der Waals surface area contributed by atoms with Crippen molar-refractivity contribution < 1.29 is 9.53 Å². The average Bonchev–Trinajstić information content (AvgIpc) is 3.41. The van der Waals surface area contributed by atoms with Crippen molar-refractivity contribution in [3.05, 3.63) is 57.3 Å². The highest BCUT2D eigenvalue weighted by Gasteiger charge is 2.20. The van der Waals surface area contributed by atoms with E-state index in [1.807, 2.05) is 39.0 Å². The SMILES string of the molecule is CCc1sc2nc(SCC(=O)Nc3ccnn3C(C)C)n(-c3cccc(OC)c3)c(=O)c2c1C. The van der Waals surface area contributed by atoms with Crippen molar-refractivity contribution in [3.8, 4) is 11.4 Å². The van der Waals surface area contributed by atoms with Crippen molar-refractivity contribution >= 4 is 45.0 Å². The zero-order valence-electron chi connectivity index (χ0n) is 19.8. The van der Waals surface area contributed by atoms with Crippen molar-refractivity contribution in [3.63, 3.8) is 0 Å². The topological polar surface area (TPSA) is 91.0 Å². The highest BCUT2D eigenvalue weighted by atomic mass is 32.2. The monoisotopic (exact) mass is 497 g/mol. The summed E-state index contributed by atoms with van der Waals surface area (Å²) in [6, 6.07) is 9.17. The van der Waals surface area contributed by atoms with Crippen molar-refractivity contribution in [2.24, 2.45) is 0 Å². The quantitative estimate of drug-likeness (QED) is 0.277. The Morgan fingerprint density at radius 2 is 2.09 bits per heavy atom. The van der Waals surface area contributed by atoms with Gasteiger partial charge in [-0.2, -0.15) is 5.10 Å². The molecule has 10 heteroatoms. The Hall–Kier alpha value is -3.11. The number of anilines is 1. The smallest absolute Gasteiger partial charge is 0.267 e. The molecule has 4 rings (SSSR count). The van der Waals surface area contributed by atoms with E-state index in [0.717, 1.165) is 16.9 Å². The van der Waals surface area contributed by atoms with Gasteiger partial charge in [0, 0.05) is 23.1 Å². The number of ether oxygens (including phenoxy) is 1. The summed E-state index contributed by atoms with van der Waals surface area (Å²) in [5.74, 6) is 1.17. The van der Waals surface area contributed by atoms with Gasteiger partial charge in [-0.1, -0.05) is 24.8 Å². The Morgan fingerprint density at radius 1 is 1.29 bits per heavy atom. The Morgan fingerprint density at radius 3 is 2.79 bits per heavy atom. The zero-order chi connectivity index (χ0) is 24.4. The molecule has 1 amide bonds. The lowest BCUT2D eigenvalue weighted by Gasteiger charge is -2.14. The summed E-state index contributed by atoms with van der Waals surface area (Å²) in [6.07, 6.45) is 2.49. The molecule has 34 heavy (non-hydrogen) atoms. The highest BCUT2D eigenvalue weighted by Crippen LogP contribution is 2.31. The molecule has 3 aromatic heterocycles. The fourth-order valence-electron chi connectivity index (χ4n) is 3.76. The van der Waals surface area contributed by atoms with Crippen LogP contribution in [0.4, 0.5) is 5.82 Å². The second-order valence-electron chi connectivity index (χ2n) is 8.01. The van der Waals surface area contributed by atoms with Crippen LogP contribution in [-0.4, -0.2) is 38.1 Å². The average molecular weight is 498 g/mol. The predicted octanol–water partition coefficient (Wildman–Crippen LogP) is 4.83. The first-order valence-corrected chi connectivity index (χ1v) is 12.8. The minimum absolute atomic E-state index is 0.0934. The number of carbonyl (C=O) groups is 1. The van der Waals surface area contributed by atoms with Crippen molar-refractivity contribution in [1.82, 2.24) is 19.3 Å². The summed E-state index contributed by atoms with van der Waals surface area (Å²) >= 11 is 2.76. The molecule has 0 spiro atoms.